The highest BCUT2D eigenvalue weighted by atomic mass is 35.5. The van der Waals surface area contributed by atoms with E-state index in [1.807, 2.05) is 4.90 Å². The summed E-state index contributed by atoms with van der Waals surface area (Å²) < 4.78 is 0. The van der Waals surface area contributed by atoms with Crippen molar-refractivity contribution in [2.75, 3.05) is 38.6 Å². The highest BCUT2D eigenvalue weighted by Gasteiger charge is 2.27. The van der Waals surface area contributed by atoms with Crippen molar-refractivity contribution in [1.29, 1.82) is 0 Å². The van der Waals surface area contributed by atoms with E-state index in [-0.39, 0.29) is 5.91 Å². The predicted octanol–water partition coefficient (Wildman–Crippen LogP) is 1.56. The summed E-state index contributed by atoms with van der Waals surface area (Å²) in [5.74, 6) is 1.83. The van der Waals surface area contributed by atoms with Gasteiger partial charge in [0.05, 0.1) is 0 Å². The molecule has 2 aliphatic rings. The third-order valence-corrected chi connectivity index (χ3v) is 3.73. The molecule has 0 aromatic rings. The van der Waals surface area contributed by atoms with Gasteiger partial charge in [0, 0.05) is 45.0 Å². The summed E-state index contributed by atoms with van der Waals surface area (Å²) in [5.41, 5.74) is 0. The summed E-state index contributed by atoms with van der Waals surface area (Å²) in [6, 6.07) is 0. The third kappa shape index (κ3) is 3.63. The van der Waals surface area contributed by atoms with Gasteiger partial charge in [0.15, 0.2) is 0 Å². The average Bonchev–Trinajstić information content (AvgIpc) is 3.11. The molecule has 2 rings (SSSR count). The number of piperazine rings is 1. The molecule has 0 aromatic carbocycles. The van der Waals surface area contributed by atoms with Crippen LogP contribution in [-0.2, 0) is 4.79 Å². The van der Waals surface area contributed by atoms with Crippen LogP contribution in [0.25, 0.3) is 0 Å². The Hall–Kier alpha value is -0.280. The van der Waals surface area contributed by atoms with Gasteiger partial charge in [-0.2, -0.15) is 0 Å². The molecule has 0 bridgehead atoms. The van der Waals surface area contributed by atoms with Gasteiger partial charge in [-0.1, -0.05) is 0 Å². The monoisotopic (exact) mass is 244 g/mol. The number of amides is 1. The van der Waals surface area contributed by atoms with Gasteiger partial charge in [-0.25, -0.2) is 0 Å². The third-order valence-electron chi connectivity index (χ3n) is 3.46. The average molecular weight is 245 g/mol. The fourth-order valence-corrected chi connectivity index (χ4v) is 2.36. The summed E-state index contributed by atoms with van der Waals surface area (Å²) in [6.07, 6.45) is 4.25. The molecular formula is C12H21ClN2O. The van der Waals surface area contributed by atoms with Crippen LogP contribution in [0.4, 0.5) is 0 Å². The number of alkyl halides is 1. The molecule has 1 heterocycles. The van der Waals surface area contributed by atoms with Gasteiger partial charge < -0.3 is 4.90 Å². The highest BCUT2D eigenvalue weighted by Crippen LogP contribution is 2.29. The van der Waals surface area contributed by atoms with Crippen molar-refractivity contribution in [3.63, 3.8) is 0 Å². The summed E-state index contributed by atoms with van der Waals surface area (Å²) in [7, 11) is 0. The van der Waals surface area contributed by atoms with Crippen LogP contribution in [0.3, 0.4) is 0 Å². The maximum absolute atomic E-state index is 11.7. The zero-order valence-corrected chi connectivity index (χ0v) is 10.6. The molecule has 3 nitrogen and oxygen atoms in total. The first-order chi connectivity index (χ1) is 7.79. The Kier molecular flexibility index (Phi) is 4.47. The standard InChI is InChI=1S/C12H21ClN2O/c13-5-1-2-12(16)15-8-6-14(7-9-15)10-11-3-4-11/h11H,1-10H2. The van der Waals surface area contributed by atoms with Crippen LogP contribution in [0.15, 0.2) is 0 Å². The SMILES string of the molecule is O=C(CCCCl)N1CCN(CC2CC2)CC1. The van der Waals surface area contributed by atoms with Crippen molar-refractivity contribution in [3.05, 3.63) is 0 Å². The van der Waals surface area contributed by atoms with Crippen LogP contribution >= 0.6 is 11.6 Å². The van der Waals surface area contributed by atoms with Crippen molar-refractivity contribution in [2.24, 2.45) is 5.92 Å². The number of carbonyl (C=O) groups excluding carboxylic acids is 1. The molecule has 92 valence electrons. The largest absolute Gasteiger partial charge is 0.340 e. The molecule has 0 aromatic heterocycles. The van der Waals surface area contributed by atoms with E-state index in [4.69, 9.17) is 11.6 Å². The Morgan fingerprint density at radius 1 is 1.19 bits per heavy atom. The van der Waals surface area contributed by atoms with Crippen LogP contribution < -0.4 is 0 Å². The lowest BCUT2D eigenvalue weighted by Gasteiger charge is -2.34. The number of rotatable bonds is 5. The van der Waals surface area contributed by atoms with Gasteiger partial charge in [-0.05, 0) is 25.2 Å². The van der Waals surface area contributed by atoms with Gasteiger partial charge in [-0.3, -0.25) is 9.69 Å². The first-order valence-corrected chi connectivity index (χ1v) is 6.89. The molecule has 0 spiro atoms. The normalized spacial score (nSPS) is 22.4. The van der Waals surface area contributed by atoms with Crippen LogP contribution in [0.2, 0.25) is 0 Å². The smallest absolute Gasteiger partial charge is 0.222 e. The molecule has 0 unspecified atom stereocenters. The number of hydrogen-bond acceptors (Lipinski definition) is 2. The Morgan fingerprint density at radius 2 is 1.88 bits per heavy atom. The first kappa shape index (κ1) is 12.2. The first-order valence-electron chi connectivity index (χ1n) is 6.35. The maximum atomic E-state index is 11.7. The van der Waals surface area contributed by atoms with Crippen LogP contribution in [0.5, 0.6) is 0 Å². The van der Waals surface area contributed by atoms with Gasteiger partial charge in [0.2, 0.25) is 5.91 Å². The molecule has 0 radical (unpaired) electrons. The van der Waals surface area contributed by atoms with Crippen LogP contribution in [0.1, 0.15) is 25.7 Å². The molecule has 2 fully saturated rings. The maximum Gasteiger partial charge on any atom is 0.222 e. The van der Waals surface area contributed by atoms with E-state index in [1.54, 1.807) is 0 Å². The van der Waals surface area contributed by atoms with E-state index in [0.717, 1.165) is 38.5 Å². The molecule has 0 N–H and O–H groups in total. The lowest BCUT2D eigenvalue weighted by atomic mass is 10.2. The zero-order valence-electron chi connectivity index (χ0n) is 9.83. The van der Waals surface area contributed by atoms with E-state index < -0.39 is 0 Å². The van der Waals surface area contributed by atoms with Crippen molar-refractivity contribution < 1.29 is 4.79 Å². The summed E-state index contributed by atoms with van der Waals surface area (Å²) >= 11 is 5.59. The lowest BCUT2D eigenvalue weighted by Crippen LogP contribution is -2.49. The highest BCUT2D eigenvalue weighted by molar-refractivity contribution is 6.17. The summed E-state index contributed by atoms with van der Waals surface area (Å²) in [4.78, 5) is 16.2. The lowest BCUT2D eigenvalue weighted by molar-refractivity contribution is -0.133. The Morgan fingerprint density at radius 3 is 2.44 bits per heavy atom. The summed E-state index contributed by atoms with van der Waals surface area (Å²) in [6.45, 7) is 5.19. The second kappa shape index (κ2) is 5.87. The second-order valence-corrected chi connectivity index (χ2v) is 5.30. The topological polar surface area (TPSA) is 23.6 Å². The Labute approximate surface area is 103 Å². The van der Waals surface area contributed by atoms with Gasteiger partial charge in [0.25, 0.3) is 0 Å². The minimum absolute atomic E-state index is 0.284. The van der Waals surface area contributed by atoms with E-state index in [2.05, 4.69) is 4.90 Å². The number of halogens is 1. The number of hydrogen-bond donors (Lipinski definition) is 0. The van der Waals surface area contributed by atoms with Crippen LogP contribution in [0, 0.1) is 5.92 Å². The molecular weight excluding hydrogens is 224 g/mol. The molecule has 1 saturated carbocycles. The van der Waals surface area contributed by atoms with E-state index in [0.29, 0.717) is 12.3 Å². The Balaban J connectivity index is 1.65. The van der Waals surface area contributed by atoms with Crippen molar-refractivity contribution >= 4 is 17.5 Å². The fraction of sp³-hybridized carbons (Fsp3) is 0.917. The molecule has 1 amide bonds. The van der Waals surface area contributed by atoms with E-state index >= 15 is 0 Å². The molecule has 4 heteroatoms. The predicted molar refractivity (Wildman–Crippen MR) is 65.7 cm³/mol. The van der Waals surface area contributed by atoms with E-state index in [9.17, 15) is 4.79 Å². The second-order valence-electron chi connectivity index (χ2n) is 4.92. The molecule has 1 saturated heterocycles. The van der Waals surface area contributed by atoms with Crippen molar-refractivity contribution in [2.45, 2.75) is 25.7 Å². The zero-order chi connectivity index (χ0) is 11.4. The molecule has 1 aliphatic heterocycles. The number of nitrogens with zero attached hydrogens (tertiary/aromatic N) is 2. The minimum atomic E-state index is 0.284. The Bertz CT molecular complexity index is 235. The van der Waals surface area contributed by atoms with Gasteiger partial charge in [-0.15, -0.1) is 11.6 Å². The minimum Gasteiger partial charge on any atom is -0.340 e. The molecule has 16 heavy (non-hydrogen) atoms. The van der Waals surface area contributed by atoms with Crippen molar-refractivity contribution in [3.8, 4) is 0 Å². The quantitative estimate of drug-likeness (QED) is 0.686. The van der Waals surface area contributed by atoms with Crippen LogP contribution in [-0.4, -0.2) is 54.3 Å². The number of carbonyl (C=O) groups is 1. The molecule has 0 atom stereocenters. The van der Waals surface area contributed by atoms with Gasteiger partial charge in [0.1, 0.15) is 0 Å². The van der Waals surface area contributed by atoms with Crippen molar-refractivity contribution in [1.82, 2.24) is 9.80 Å². The van der Waals surface area contributed by atoms with Gasteiger partial charge >= 0.3 is 0 Å². The summed E-state index contributed by atoms with van der Waals surface area (Å²) in [5, 5.41) is 0. The fourth-order valence-electron chi connectivity index (χ4n) is 2.22. The van der Waals surface area contributed by atoms with E-state index in [1.165, 1.54) is 19.4 Å². The molecule has 1 aliphatic carbocycles.